The minimum absolute atomic E-state index is 0.125. The number of hydrogen-bond donors (Lipinski definition) is 0. The van der Waals surface area contributed by atoms with Crippen LogP contribution in [-0.2, 0) is 14.3 Å². The monoisotopic (exact) mass is 158 g/mol. The molecule has 1 saturated heterocycles. The highest BCUT2D eigenvalue weighted by molar-refractivity contribution is 5.75. The lowest BCUT2D eigenvalue weighted by Gasteiger charge is -2.23. The predicted molar refractivity (Wildman–Crippen MR) is 39.9 cm³/mol. The molecule has 2 atom stereocenters. The minimum atomic E-state index is -0.403. The maximum absolute atomic E-state index is 10.9. The summed E-state index contributed by atoms with van der Waals surface area (Å²) < 4.78 is 10.2. The van der Waals surface area contributed by atoms with Gasteiger partial charge in [-0.05, 0) is 6.92 Å². The second-order valence-corrected chi connectivity index (χ2v) is 3.91. The van der Waals surface area contributed by atoms with E-state index in [1.165, 1.54) is 0 Å². The van der Waals surface area contributed by atoms with Gasteiger partial charge in [-0.1, -0.05) is 20.8 Å². The highest BCUT2D eigenvalue weighted by atomic mass is 16.8. The van der Waals surface area contributed by atoms with Crippen molar-refractivity contribution in [3.8, 4) is 0 Å². The zero-order valence-corrected chi connectivity index (χ0v) is 7.38. The van der Waals surface area contributed by atoms with E-state index in [1.807, 2.05) is 20.8 Å². The van der Waals surface area contributed by atoms with E-state index in [2.05, 4.69) is 0 Å². The second-order valence-electron chi connectivity index (χ2n) is 3.91. The highest BCUT2D eigenvalue weighted by Crippen LogP contribution is 2.28. The van der Waals surface area contributed by atoms with E-state index in [1.54, 1.807) is 6.92 Å². The smallest absolute Gasteiger partial charge is 0.337 e. The van der Waals surface area contributed by atoms with Crippen molar-refractivity contribution in [2.75, 3.05) is 0 Å². The van der Waals surface area contributed by atoms with Crippen molar-refractivity contribution in [2.24, 2.45) is 5.41 Å². The third-order valence-electron chi connectivity index (χ3n) is 1.59. The molecule has 0 N–H and O–H groups in total. The van der Waals surface area contributed by atoms with Crippen LogP contribution in [0.2, 0.25) is 0 Å². The molecule has 1 aliphatic heterocycles. The van der Waals surface area contributed by atoms with Crippen LogP contribution < -0.4 is 0 Å². The van der Waals surface area contributed by atoms with Crippen molar-refractivity contribution >= 4 is 5.97 Å². The van der Waals surface area contributed by atoms with E-state index < -0.39 is 6.10 Å². The predicted octanol–water partition coefficient (Wildman–Crippen LogP) is 1.32. The lowest BCUT2D eigenvalue weighted by Crippen LogP contribution is -2.27. The molecule has 3 heteroatoms. The fourth-order valence-electron chi connectivity index (χ4n) is 0.851. The fourth-order valence-corrected chi connectivity index (χ4v) is 0.851. The molecule has 0 unspecified atom stereocenters. The SMILES string of the molecule is C[C@H]1O[C@H](C(C)(C)C)OC1=O. The van der Waals surface area contributed by atoms with Crippen molar-refractivity contribution < 1.29 is 14.3 Å². The zero-order valence-electron chi connectivity index (χ0n) is 7.38. The fraction of sp³-hybridized carbons (Fsp3) is 0.875. The molecule has 1 fully saturated rings. The lowest BCUT2D eigenvalue weighted by molar-refractivity contribution is -0.154. The summed E-state index contributed by atoms with van der Waals surface area (Å²) in [4.78, 5) is 10.9. The Bertz CT molecular complexity index is 169. The van der Waals surface area contributed by atoms with Gasteiger partial charge in [-0.3, -0.25) is 0 Å². The summed E-state index contributed by atoms with van der Waals surface area (Å²) in [7, 11) is 0. The minimum Gasteiger partial charge on any atom is -0.433 e. The molecule has 11 heavy (non-hydrogen) atoms. The number of esters is 1. The first-order valence-corrected chi connectivity index (χ1v) is 3.77. The van der Waals surface area contributed by atoms with Crippen molar-refractivity contribution in [3.05, 3.63) is 0 Å². The molecular formula is C8H14O3. The third kappa shape index (κ3) is 1.71. The number of carbonyl (C=O) groups is 1. The first kappa shape index (κ1) is 8.53. The molecule has 0 aromatic carbocycles. The molecule has 1 heterocycles. The van der Waals surface area contributed by atoms with Gasteiger partial charge < -0.3 is 9.47 Å². The maximum atomic E-state index is 10.9. The molecule has 0 aromatic heterocycles. The molecule has 3 nitrogen and oxygen atoms in total. The Kier molecular flexibility index (Phi) is 1.92. The van der Waals surface area contributed by atoms with E-state index in [-0.39, 0.29) is 17.7 Å². The summed E-state index contributed by atoms with van der Waals surface area (Å²) in [5.74, 6) is -0.259. The average Bonchev–Trinajstić information content (AvgIpc) is 2.11. The summed E-state index contributed by atoms with van der Waals surface area (Å²) in [6.45, 7) is 7.63. The Hall–Kier alpha value is -0.570. The van der Waals surface area contributed by atoms with Crippen LogP contribution in [0.5, 0.6) is 0 Å². The molecule has 1 aliphatic rings. The van der Waals surface area contributed by atoms with Crippen molar-refractivity contribution in [1.82, 2.24) is 0 Å². The first-order chi connectivity index (χ1) is 4.91. The largest absolute Gasteiger partial charge is 0.433 e. The van der Waals surface area contributed by atoms with Gasteiger partial charge in [-0.15, -0.1) is 0 Å². The molecule has 0 saturated carbocycles. The summed E-state index contributed by atoms with van der Waals surface area (Å²) in [5.41, 5.74) is -0.125. The number of carbonyl (C=O) groups excluding carboxylic acids is 1. The van der Waals surface area contributed by atoms with Gasteiger partial charge >= 0.3 is 5.97 Å². The van der Waals surface area contributed by atoms with E-state index in [0.717, 1.165) is 0 Å². The summed E-state index contributed by atoms with van der Waals surface area (Å²) in [6, 6.07) is 0. The summed E-state index contributed by atoms with van der Waals surface area (Å²) >= 11 is 0. The number of rotatable bonds is 0. The zero-order chi connectivity index (χ0) is 8.65. The second kappa shape index (κ2) is 2.48. The van der Waals surface area contributed by atoms with Gasteiger partial charge in [-0.2, -0.15) is 0 Å². The highest BCUT2D eigenvalue weighted by Gasteiger charge is 2.39. The molecule has 0 radical (unpaired) electrons. The molecule has 64 valence electrons. The average molecular weight is 158 g/mol. The van der Waals surface area contributed by atoms with E-state index >= 15 is 0 Å². The van der Waals surface area contributed by atoms with Gasteiger partial charge in [0.2, 0.25) is 6.29 Å². The topological polar surface area (TPSA) is 35.5 Å². The van der Waals surface area contributed by atoms with Crippen molar-refractivity contribution in [1.29, 1.82) is 0 Å². The molecule has 1 rings (SSSR count). The van der Waals surface area contributed by atoms with E-state index in [0.29, 0.717) is 0 Å². The third-order valence-corrected chi connectivity index (χ3v) is 1.59. The summed E-state index contributed by atoms with van der Waals surface area (Å²) in [6.07, 6.45) is -0.788. The van der Waals surface area contributed by atoms with Crippen molar-refractivity contribution in [2.45, 2.75) is 40.1 Å². The van der Waals surface area contributed by atoms with Crippen LogP contribution in [0.3, 0.4) is 0 Å². The first-order valence-electron chi connectivity index (χ1n) is 3.77. The van der Waals surface area contributed by atoms with Gasteiger partial charge in [0, 0.05) is 5.41 Å². The Morgan fingerprint density at radius 3 is 2.09 bits per heavy atom. The standard InChI is InChI=1S/C8H14O3/c1-5-6(9)11-7(10-5)8(2,3)4/h5,7H,1-4H3/t5-,7+/m1/s1. The van der Waals surface area contributed by atoms with E-state index in [9.17, 15) is 4.79 Å². The normalized spacial score (nSPS) is 32.2. The van der Waals surface area contributed by atoms with Crippen LogP contribution in [0.25, 0.3) is 0 Å². The van der Waals surface area contributed by atoms with E-state index in [4.69, 9.17) is 9.47 Å². The number of hydrogen-bond acceptors (Lipinski definition) is 3. The Morgan fingerprint density at radius 1 is 1.36 bits per heavy atom. The van der Waals surface area contributed by atoms with Gasteiger partial charge in [0.15, 0.2) is 6.10 Å². The van der Waals surface area contributed by atoms with Crippen LogP contribution in [0.15, 0.2) is 0 Å². The van der Waals surface area contributed by atoms with Crippen molar-refractivity contribution in [3.63, 3.8) is 0 Å². The molecular weight excluding hydrogens is 144 g/mol. The number of cyclic esters (lactones) is 1. The Labute approximate surface area is 66.7 Å². The van der Waals surface area contributed by atoms with Gasteiger partial charge in [-0.25, -0.2) is 4.79 Å². The molecule has 0 bridgehead atoms. The Balaban J connectivity index is 2.61. The van der Waals surface area contributed by atoms with Gasteiger partial charge in [0.1, 0.15) is 0 Å². The molecule has 0 aromatic rings. The molecule has 0 aliphatic carbocycles. The van der Waals surface area contributed by atoms with Gasteiger partial charge in [0.05, 0.1) is 0 Å². The summed E-state index contributed by atoms with van der Waals surface area (Å²) in [5, 5.41) is 0. The van der Waals surface area contributed by atoms with Crippen LogP contribution >= 0.6 is 0 Å². The van der Waals surface area contributed by atoms with Crippen LogP contribution in [0, 0.1) is 5.41 Å². The lowest BCUT2D eigenvalue weighted by atomic mass is 9.96. The quantitative estimate of drug-likeness (QED) is 0.499. The molecule has 0 amide bonds. The molecule has 0 spiro atoms. The number of ether oxygens (including phenoxy) is 2. The van der Waals surface area contributed by atoms with Crippen LogP contribution in [0.4, 0.5) is 0 Å². The van der Waals surface area contributed by atoms with Gasteiger partial charge in [0.25, 0.3) is 0 Å². The van der Waals surface area contributed by atoms with Crippen LogP contribution in [-0.4, -0.2) is 18.4 Å². The maximum Gasteiger partial charge on any atom is 0.337 e. The Morgan fingerprint density at radius 2 is 1.91 bits per heavy atom. The van der Waals surface area contributed by atoms with Crippen LogP contribution in [0.1, 0.15) is 27.7 Å².